The van der Waals surface area contributed by atoms with Crippen molar-refractivity contribution in [2.45, 2.75) is 45.8 Å². The molecule has 1 amide bonds. The quantitative estimate of drug-likeness (QED) is 0.554. The maximum atomic E-state index is 10.6. The molecule has 0 radical (unpaired) electrons. The Labute approximate surface area is 85.9 Å². The number of aliphatic hydroxyl groups is 1. The summed E-state index contributed by atoms with van der Waals surface area (Å²) in [6.45, 7) is 6.45. The SMILES string of the molecule is CCC(C)C(O)CNC(C)CC(N)=O. The Bertz CT molecular complexity index is 174. The molecule has 0 saturated heterocycles. The predicted molar refractivity (Wildman–Crippen MR) is 56.7 cm³/mol. The lowest BCUT2D eigenvalue weighted by Crippen LogP contribution is -2.38. The van der Waals surface area contributed by atoms with Gasteiger partial charge in [-0.25, -0.2) is 0 Å². The second kappa shape index (κ2) is 6.79. The summed E-state index contributed by atoms with van der Waals surface area (Å²) in [6.07, 6.45) is 0.913. The average molecular weight is 202 g/mol. The predicted octanol–water partition coefficient (Wildman–Crippen LogP) is 0.247. The first-order chi connectivity index (χ1) is 6.47. The van der Waals surface area contributed by atoms with Gasteiger partial charge in [0, 0.05) is 19.0 Å². The van der Waals surface area contributed by atoms with Crippen molar-refractivity contribution < 1.29 is 9.90 Å². The molecule has 0 aromatic rings. The molecule has 14 heavy (non-hydrogen) atoms. The Morgan fingerprint density at radius 1 is 1.50 bits per heavy atom. The molecule has 0 aliphatic carbocycles. The first-order valence-electron chi connectivity index (χ1n) is 5.17. The smallest absolute Gasteiger partial charge is 0.218 e. The van der Waals surface area contributed by atoms with Gasteiger partial charge in [0.25, 0.3) is 0 Å². The van der Waals surface area contributed by atoms with E-state index in [-0.39, 0.29) is 24.0 Å². The lowest BCUT2D eigenvalue weighted by molar-refractivity contribution is -0.118. The molecule has 0 aliphatic rings. The lowest BCUT2D eigenvalue weighted by Gasteiger charge is -2.20. The zero-order chi connectivity index (χ0) is 11.1. The molecule has 0 aliphatic heterocycles. The van der Waals surface area contributed by atoms with E-state index in [9.17, 15) is 9.90 Å². The molecule has 0 fully saturated rings. The summed E-state index contributed by atoms with van der Waals surface area (Å²) < 4.78 is 0. The minimum absolute atomic E-state index is 0.0335. The van der Waals surface area contributed by atoms with Crippen molar-refractivity contribution in [1.82, 2.24) is 5.32 Å². The molecule has 4 N–H and O–H groups in total. The van der Waals surface area contributed by atoms with E-state index in [2.05, 4.69) is 5.32 Å². The molecule has 0 rings (SSSR count). The third-order valence-electron chi connectivity index (χ3n) is 2.48. The first kappa shape index (κ1) is 13.4. The van der Waals surface area contributed by atoms with Gasteiger partial charge in [-0.05, 0) is 12.8 Å². The molecule has 4 heteroatoms. The topological polar surface area (TPSA) is 75.3 Å². The largest absolute Gasteiger partial charge is 0.392 e. The van der Waals surface area contributed by atoms with Gasteiger partial charge in [0.2, 0.25) is 5.91 Å². The normalized spacial score (nSPS) is 17.4. The highest BCUT2D eigenvalue weighted by Crippen LogP contribution is 2.06. The van der Waals surface area contributed by atoms with E-state index in [0.29, 0.717) is 13.0 Å². The molecular weight excluding hydrogens is 180 g/mol. The van der Waals surface area contributed by atoms with Crippen LogP contribution in [0.25, 0.3) is 0 Å². The summed E-state index contributed by atoms with van der Waals surface area (Å²) in [7, 11) is 0. The maximum Gasteiger partial charge on any atom is 0.218 e. The van der Waals surface area contributed by atoms with Crippen molar-refractivity contribution in [1.29, 1.82) is 0 Å². The fraction of sp³-hybridized carbons (Fsp3) is 0.900. The number of nitrogens with two attached hydrogens (primary N) is 1. The molecule has 3 atom stereocenters. The van der Waals surface area contributed by atoms with Crippen LogP contribution in [0.4, 0.5) is 0 Å². The van der Waals surface area contributed by atoms with E-state index in [4.69, 9.17) is 5.73 Å². The third-order valence-corrected chi connectivity index (χ3v) is 2.48. The van der Waals surface area contributed by atoms with Gasteiger partial charge in [-0.3, -0.25) is 4.79 Å². The lowest BCUT2D eigenvalue weighted by atomic mass is 10.0. The highest BCUT2D eigenvalue weighted by molar-refractivity contribution is 5.74. The summed E-state index contributed by atoms with van der Waals surface area (Å²) >= 11 is 0. The van der Waals surface area contributed by atoms with Gasteiger partial charge in [-0.15, -0.1) is 0 Å². The minimum atomic E-state index is -0.352. The van der Waals surface area contributed by atoms with Gasteiger partial charge in [0.05, 0.1) is 6.10 Å². The van der Waals surface area contributed by atoms with Gasteiger partial charge in [-0.2, -0.15) is 0 Å². The molecule has 3 unspecified atom stereocenters. The molecule has 84 valence electrons. The van der Waals surface area contributed by atoms with Crippen LogP contribution in [0, 0.1) is 5.92 Å². The van der Waals surface area contributed by atoms with E-state index in [0.717, 1.165) is 6.42 Å². The number of amides is 1. The van der Waals surface area contributed by atoms with E-state index in [1.165, 1.54) is 0 Å². The Hall–Kier alpha value is -0.610. The number of carbonyl (C=O) groups excluding carboxylic acids is 1. The zero-order valence-electron chi connectivity index (χ0n) is 9.29. The maximum absolute atomic E-state index is 10.6. The summed E-state index contributed by atoms with van der Waals surface area (Å²) in [5.41, 5.74) is 5.04. The molecular formula is C10H22N2O2. The highest BCUT2D eigenvalue weighted by atomic mass is 16.3. The summed E-state index contributed by atoms with van der Waals surface area (Å²) in [4.78, 5) is 10.6. The molecule has 0 saturated carbocycles. The van der Waals surface area contributed by atoms with Crippen molar-refractivity contribution in [3.05, 3.63) is 0 Å². The second-order valence-electron chi connectivity index (χ2n) is 3.93. The summed E-state index contributed by atoms with van der Waals surface area (Å²) in [6, 6.07) is 0.0335. The number of nitrogens with one attached hydrogen (secondary N) is 1. The van der Waals surface area contributed by atoms with E-state index >= 15 is 0 Å². The first-order valence-corrected chi connectivity index (χ1v) is 5.17. The fourth-order valence-electron chi connectivity index (χ4n) is 1.17. The number of aliphatic hydroxyl groups excluding tert-OH is 1. The van der Waals surface area contributed by atoms with Crippen LogP contribution in [0.1, 0.15) is 33.6 Å². The average Bonchev–Trinajstić information content (AvgIpc) is 2.11. The van der Waals surface area contributed by atoms with Crippen LogP contribution in [-0.4, -0.2) is 29.7 Å². The fourth-order valence-corrected chi connectivity index (χ4v) is 1.17. The Morgan fingerprint density at radius 3 is 2.50 bits per heavy atom. The number of hydrogen-bond acceptors (Lipinski definition) is 3. The second-order valence-corrected chi connectivity index (χ2v) is 3.93. The molecule has 0 aromatic heterocycles. The van der Waals surface area contributed by atoms with Crippen LogP contribution in [0.2, 0.25) is 0 Å². The van der Waals surface area contributed by atoms with Gasteiger partial charge in [-0.1, -0.05) is 20.3 Å². The standard InChI is InChI=1S/C10H22N2O2/c1-4-7(2)9(13)6-12-8(3)5-10(11)14/h7-9,12-13H,4-6H2,1-3H3,(H2,11,14). The number of hydrogen-bond donors (Lipinski definition) is 3. The Morgan fingerprint density at radius 2 is 2.07 bits per heavy atom. The monoisotopic (exact) mass is 202 g/mol. The van der Waals surface area contributed by atoms with Gasteiger partial charge >= 0.3 is 0 Å². The van der Waals surface area contributed by atoms with Crippen molar-refractivity contribution in [3.8, 4) is 0 Å². The molecule has 0 aromatic carbocycles. The Balaban J connectivity index is 3.65. The van der Waals surface area contributed by atoms with Crippen LogP contribution in [0.15, 0.2) is 0 Å². The van der Waals surface area contributed by atoms with E-state index in [1.54, 1.807) is 0 Å². The zero-order valence-corrected chi connectivity index (χ0v) is 9.29. The number of carbonyl (C=O) groups is 1. The van der Waals surface area contributed by atoms with E-state index in [1.807, 2.05) is 20.8 Å². The molecule has 0 heterocycles. The highest BCUT2D eigenvalue weighted by Gasteiger charge is 2.13. The van der Waals surface area contributed by atoms with Crippen LogP contribution in [0.5, 0.6) is 0 Å². The van der Waals surface area contributed by atoms with Gasteiger partial charge < -0.3 is 16.2 Å². The molecule has 0 spiro atoms. The van der Waals surface area contributed by atoms with Crippen molar-refractivity contribution in [3.63, 3.8) is 0 Å². The van der Waals surface area contributed by atoms with Crippen molar-refractivity contribution >= 4 is 5.91 Å². The van der Waals surface area contributed by atoms with Gasteiger partial charge in [0.15, 0.2) is 0 Å². The third kappa shape index (κ3) is 5.94. The van der Waals surface area contributed by atoms with Crippen LogP contribution in [-0.2, 0) is 4.79 Å². The van der Waals surface area contributed by atoms with Crippen LogP contribution >= 0.6 is 0 Å². The van der Waals surface area contributed by atoms with E-state index < -0.39 is 0 Å². The molecule has 4 nitrogen and oxygen atoms in total. The number of primary amides is 1. The van der Waals surface area contributed by atoms with Crippen LogP contribution < -0.4 is 11.1 Å². The minimum Gasteiger partial charge on any atom is -0.392 e. The summed E-state index contributed by atoms with van der Waals surface area (Å²) in [5.74, 6) is -0.0358. The number of rotatable bonds is 7. The van der Waals surface area contributed by atoms with Crippen molar-refractivity contribution in [2.24, 2.45) is 11.7 Å². The van der Waals surface area contributed by atoms with Crippen molar-refractivity contribution in [2.75, 3.05) is 6.54 Å². The van der Waals surface area contributed by atoms with Crippen LogP contribution in [0.3, 0.4) is 0 Å². The molecule has 0 bridgehead atoms. The summed E-state index contributed by atoms with van der Waals surface area (Å²) in [5, 5.41) is 12.7. The van der Waals surface area contributed by atoms with Gasteiger partial charge in [0.1, 0.15) is 0 Å². The Kier molecular flexibility index (Phi) is 6.49.